The number of dihydropyridines is 1. The molecule has 0 atom stereocenters. The van der Waals surface area contributed by atoms with Gasteiger partial charge in [0, 0.05) is 30.4 Å². The van der Waals surface area contributed by atoms with Crippen molar-refractivity contribution in [1.29, 1.82) is 0 Å². The molecule has 1 N–H and O–H groups in total. The van der Waals surface area contributed by atoms with E-state index in [2.05, 4.69) is 20.5 Å². The normalized spacial score (nSPS) is 19.4. The van der Waals surface area contributed by atoms with Crippen molar-refractivity contribution in [2.45, 2.75) is 0 Å². The Balaban J connectivity index is 1.49. The predicted molar refractivity (Wildman–Crippen MR) is 113 cm³/mol. The number of nitrogens with zero attached hydrogens (tertiary/aromatic N) is 4. The van der Waals surface area contributed by atoms with Gasteiger partial charge in [0.25, 0.3) is 5.91 Å². The molecule has 0 saturated carbocycles. The van der Waals surface area contributed by atoms with Crippen molar-refractivity contribution in [3.8, 4) is 0 Å². The molecule has 3 aliphatic heterocycles. The summed E-state index contributed by atoms with van der Waals surface area (Å²) in [6.07, 6.45) is 16.6. The molecule has 0 aromatic heterocycles. The standard InChI is InChI=1S/C21H15N5O2S/c27-20(17-4-2-1-3-5-17)25-23-14-18-19(24-21(28)29-18)26-12-8-16(9-13-26)15-6-10-22-11-7-15/h1-14,22H/b18-14-,25-23?. The number of azo groups is 1. The average Bonchev–Trinajstić information content (AvgIpc) is 3.15. The van der Waals surface area contributed by atoms with Crippen LogP contribution >= 0.6 is 11.8 Å². The molecule has 29 heavy (non-hydrogen) atoms. The smallest absolute Gasteiger partial charge is 0.311 e. The number of rotatable bonds is 2. The number of amidine groups is 1. The SMILES string of the molecule is O=C1N=C(N2C=CC(=C3C=CNC=C3)C=C2)/C(=C/N=NC(=O)c2ccccc2)S1. The first-order chi connectivity index (χ1) is 14.2. The summed E-state index contributed by atoms with van der Waals surface area (Å²) in [5.41, 5.74) is 2.55. The molecule has 0 radical (unpaired) electrons. The molecule has 7 nitrogen and oxygen atoms in total. The highest BCUT2D eigenvalue weighted by Gasteiger charge is 2.25. The van der Waals surface area contributed by atoms with Gasteiger partial charge in [-0.05, 0) is 59.3 Å². The van der Waals surface area contributed by atoms with Crippen molar-refractivity contribution in [3.63, 3.8) is 0 Å². The number of benzene rings is 1. The van der Waals surface area contributed by atoms with Crippen LogP contribution in [0.3, 0.4) is 0 Å². The van der Waals surface area contributed by atoms with E-state index < -0.39 is 5.91 Å². The van der Waals surface area contributed by atoms with Crippen LogP contribution in [-0.4, -0.2) is 21.9 Å². The van der Waals surface area contributed by atoms with Gasteiger partial charge in [-0.25, -0.2) is 0 Å². The Morgan fingerprint density at radius 3 is 2.45 bits per heavy atom. The van der Waals surface area contributed by atoms with Gasteiger partial charge in [-0.2, -0.15) is 10.1 Å². The van der Waals surface area contributed by atoms with Gasteiger partial charge in [0.05, 0.1) is 11.1 Å². The van der Waals surface area contributed by atoms with Crippen molar-refractivity contribution in [3.05, 3.63) is 107 Å². The topological polar surface area (TPSA) is 86.5 Å². The molecule has 0 bridgehead atoms. The van der Waals surface area contributed by atoms with Gasteiger partial charge >= 0.3 is 5.24 Å². The van der Waals surface area contributed by atoms with E-state index in [-0.39, 0.29) is 5.24 Å². The first-order valence-electron chi connectivity index (χ1n) is 8.70. The van der Waals surface area contributed by atoms with Crippen LogP contribution in [-0.2, 0) is 0 Å². The van der Waals surface area contributed by atoms with Crippen LogP contribution in [0.15, 0.2) is 117 Å². The second-order valence-corrected chi connectivity index (χ2v) is 6.96. The number of carbonyl (C=O) groups is 2. The molecule has 8 heteroatoms. The Hall–Kier alpha value is -3.78. The van der Waals surface area contributed by atoms with E-state index in [0.29, 0.717) is 16.3 Å². The van der Waals surface area contributed by atoms with Gasteiger partial charge in [0.2, 0.25) is 0 Å². The predicted octanol–water partition coefficient (Wildman–Crippen LogP) is 4.66. The average molecular weight is 401 g/mol. The van der Waals surface area contributed by atoms with Gasteiger partial charge in [0.1, 0.15) is 0 Å². The van der Waals surface area contributed by atoms with Crippen molar-refractivity contribution in [1.82, 2.24) is 10.2 Å². The van der Waals surface area contributed by atoms with E-state index in [0.717, 1.165) is 22.9 Å². The molecule has 0 spiro atoms. The summed E-state index contributed by atoms with van der Waals surface area (Å²) in [7, 11) is 0. The lowest BCUT2D eigenvalue weighted by atomic mass is 10.1. The van der Waals surface area contributed by atoms with Crippen LogP contribution in [0, 0.1) is 0 Å². The first-order valence-corrected chi connectivity index (χ1v) is 9.52. The summed E-state index contributed by atoms with van der Waals surface area (Å²) >= 11 is 0.945. The Morgan fingerprint density at radius 1 is 1.03 bits per heavy atom. The van der Waals surface area contributed by atoms with Crippen molar-refractivity contribution >= 4 is 28.7 Å². The summed E-state index contributed by atoms with van der Waals surface area (Å²) in [5, 5.41) is 10.2. The third-order valence-electron chi connectivity index (χ3n) is 4.08. The zero-order valence-electron chi connectivity index (χ0n) is 15.1. The van der Waals surface area contributed by atoms with Crippen molar-refractivity contribution < 1.29 is 9.59 Å². The highest BCUT2D eigenvalue weighted by Crippen LogP contribution is 2.30. The highest BCUT2D eigenvalue weighted by molar-refractivity contribution is 8.18. The number of nitrogens with one attached hydrogen (secondary N) is 1. The number of aliphatic imine (C=N–C) groups is 1. The zero-order valence-corrected chi connectivity index (χ0v) is 15.9. The van der Waals surface area contributed by atoms with E-state index >= 15 is 0 Å². The number of carbonyl (C=O) groups excluding carboxylic acids is 2. The third kappa shape index (κ3) is 4.39. The van der Waals surface area contributed by atoms with Gasteiger partial charge in [-0.15, -0.1) is 5.11 Å². The molecule has 0 aliphatic carbocycles. The van der Waals surface area contributed by atoms with Crippen LogP contribution in [0.25, 0.3) is 0 Å². The molecule has 3 heterocycles. The van der Waals surface area contributed by atoms with Crippen LogP contribution < -0.4 is 5.32 Å². The third-order valence-corrected chi connectivity index (χ3v) is 4.86. The summed E-state index contributed by atoms with van der Waals surface area (Å²) in [6.45, 7) is 0. The monoisotopic (exact) mass is 401 g/mol. The highest BCUT2D eigenvalue weighted by atomic mass is 32.2. The zero-order chi connectivity index (χ0) is 20.1. The van der Waals surface area contributed by atoms with Gasteiger partial charge in [-0.3, -0.25) is 9.59 Å². The van der Waals surface area contributed by atoms with Crippen molar-refractivity contribution in [2.24, 2.45) is 15.2 Å². The molecular formula is C21H15N5O2S. The van der Waals surface area contributed by atoms with Gasteiger partial charge in [0.15, 0.2) is 5.84 Å². The fraction of sp³-hybridized carbons (Fsp3) is 0. The Bertz CT molecular complexity index is 1060. The molecule has 0 fully saturated rings. The minimum atomic E-state index is -0.452. The Labute approximate surface area is 171 Å². The fourth-order valence-corrected chi connectivity index (χ4v) is 3.35. The maximum absolute atomic E-state index is 12.0. The molecule has 4 rings (SSSR count). The van der Waals surface area contributed by atoms with Crippen LogP contribution in [0.5, 0.6) is 0 Å². The van der Waals surface area contributed by atoms with E-state index in [1.54, 1.807) is 29.2 Å². The minimum Gasteiger partial charge on any atom is -0.368 e. The van der Waals surface area contributed by atoms with Crippen LogP contribution in [0.1, 0.15) is 10.4 Å². The molecule has 1 aromatic rings. The number of allylic oxidation sites excluding steroid dienone is 6. The van der Waals surface area contributed by atoms with Crippen LogP contribution in [0.2, 0.25) is 0 Å². The quantitative estimate of drug-likeness (QED) is 0.729. The second kappa shape index (κ2) is 8.49. The lowest BCUT2D eigenvalue weighted by Gasteiger charge is -2.19. The molecule has 2 amide bonds. The summed E-state index contributed by atoms with van der Waals surface area (Å²) in [5.74, 6) is -0.00794. The number of amides is 2. The van der Waals surface area contributed by atoms with E-state index in [1.165, 1.54) is 6.20 Å². The van der Waals surface area contributed by atoms with E-state index in [9.17, 15) is 9.59 Å². The maximum Gasteiger partial charge on any atom is 0.311 e. The summed E-state index contributed by atoms with van der Waals surface area (Å²) < 4.78 is 0. The van der Waals surface area contributed by atoms with Gasteiger partial charge < -0.3 is 10.2 Å². The minimum absolute atomic E-state index is 0.342. The fourth-order valence-electron chi connectivity index (χ4n) is 2.68. The molecular weight excluding hydrogens is 386 g/mol. The second-order valence-electron chi connectivity index (χ2n) is 5.97. The lowest BCUT2D eigenvalue weighted by molar-refractivity contribution is 0.0995. The number of hydrogen-bond donors (Lipinski definition) is 1. The van der Waals surface area contributed by atoms with E-state index in [1.807, 2.05) is 55.2 Å². The van der Waals surface area contributed by atoms with Gasteiger partial charge in [-0.1, -0.05) is 18.2 Å². The molecule has 0 saturated heterocycles. The molecule has 0 unspecified atom stereocenters. The van der Waals surface area contributed by atoms with Crippen molar-refractivity contribution in [2.75, 3.05) is 0 Å². The Kier molecular flexibility index (Phi) is 5.44. The van der Waals surface area contributed by atoms with E-state index in [4.69, 9.17) is 0 Å². The molecule has 142 valence electrons. The molecule has 3 aliphatic rings. The lowest BCUT2D eigenvalue weighted by Crippen LogP contribution is -2.20. The molecule has 1 aromatic carbocycles. The summed E-state index contributed by atoms with van der Waals surface area (Å²) in [6, 6.07) is 8.66. The largest absolute Gasteiger partial charge is 0.368 e. The van der Waals surface area contributed by atoms with Crippen LogP contribution in [0.4, 0.5) is 4.79 Å². The summed E-state index contributed by atoms with van der Waals surface area (Å²) in [4.78, 5) is 30.1. The number of thioether (sulfide) groups is 1. The Morgan fingerprint density at radius 2 is 1.72 bits per heavy atom. The first kappa shape index (κ1) is 18.6. The maximum atomic E-state index is 12.0. The number of hydrogen-bond acceptors (Lipinski definition) is 6.